The predicted octanol–water partition coefficient (Wildman–Crippen LogP) is 6.61. The van der Waals surface area contributed by atoms with Crippen molar-refractivity contribution in [2.24, 2.45) is 4.99 Å². The highest BCUT2D eigenvalue weighted by molar-refractivity contribution is 6.30. The zero-order valence-electron chi connectivity index (χ0n) is 23.0. The second-order valence-corrected chi connectivity index (χ2v) is 9.41. The molecule has 0 fully saturated rings. The minimum absolute atomic E-state index is 0.131. The maximum absolute atomic E-state index is 12.9. The van der Waals surface area contributed by atoms with Crippen molar-refractivity contribution in [3.63, 3.8) is 0 Å². The molecule has 40 heavy (non-hydrogen) atoms. The Labute approximate surface area is 240 Å². The van der Waals surface area contributed by atoms with Gasteiger partial charge < -0.3 is 14.8 Å². The van der Waals surface area contributed by atoms with E-state index in [1.54, 1.807) is 20.1 Å². The molecule has 2 N–H and O–H groups in total. The third kappa shape index (κ3) is 8.92. The van der Waals surface area contributed by atoms with Gasteiger partial charge in [0.15, 0.2) is 0 Å². The van der Waals surface area contributed by atoms with E-state index in [4.69, 9.17) is 26.5 Å². The summed E-state index contributed by atoms with van der Waals surface area (Å²) in [7, 11) is 0. The predicted molar refractivity (Wildman–Crippen MR) is 161 cm³/mol. The van der Waals surface area contributed by atoms with Crippen molar-refractivity contribution in [1.82, 2.24) is 5.32 Å². The van der Waals surface area contributed by atoms with Crippen LogP contribution < -0.4 is 5.32 Å². The Kier molecular flexibility index (Phi) is 11.7. The Morgan fingerprint density at radius 3 is 2.48 bits per heavy atom. The average molecular weight is 560 g/mol. The van der Waals surface area contributed by atoms with Crippen LogP contribution in [0.3, 0.4) is 0 Å². The molecule has 0 aromatic heterocycles. The number of benzene rings is 3. The second-order valence-electron chi connectivity index (χ2n) is 8.97. The maximum Gasteiger partial charge on any atom is 0.325 e. The fourth-order valence-corrected chi connectivity index (χ4v) is 4.30. The normalized spacial score (nSPS) is 11.3. The van der Waals surface area contributed by atoms with E-state index in [9.17, 15) is 9.59 Å². The van der Waals surface area contributed by atoms with Gasteiger partial charge in [0.05, 0.1) is 6.61 Å². The lowest BCUT2D eigenvalue weighted by atomic mass is 9.88. The van der Waals surface area contributed by atoms with Crippen molar-refractivity contribution in [2.45, 2.75) is 40.2 Å². The van der Waals surface area contributed by atoms with E-state index in [1.165, 1.54) is 6.08 Å². The molecule has 3 rings (SSSR count). The van der Waals surface area contributed by atoms with Gasteiger partial charge in [-0.15, -0.1) is 0 Å². The molecule has 0 saturated carbocycles. The van der Waals surface area contributed by atoms with E-state index in [-0.39, 0.29) is 25.6 Å². The highest BCUT2D eigenvalue weighted by Crippen LogP contribution is 2.35. The van der Waals surface area contributed by atoms with Crippen molar-refractivity contribution in [3.05, 3.63) is 100 Å². The molecule has 0 spiro atoms. The second kappa shape index (κ2) is 15.4. The van der Waals surface area contributed by atoms with Crippen molar-refractivity contribution < 1.29 is 19.1 Å². The number of carbonyl (C=O) groups excluding carboxylic acids is 2. The SMILES string of the molecule is CCCc1ccc(C(=CC(=O)NCC(=O)OCC)OCc2ccccc2)c(C=NC(C)=N)c1-c1cccc(Cl)c1. The third-order valence-electron chi connectivity index (χ3n) is 5.83. The van der Waals surface area contributed by atoms with Crippen molar-refractivity contribution >= 4 is 41.3 Å². The number of hydrogen-bond donors (Lipinski definition) is 2. The zero-order chi connectivity index (χ0) is 28.9. The van der Waals surface area contributed by atoms with Crippen molar-refractivity contribution in [3.8, 4) is 11.1 Å². The lowest BCUT2D eigenvalue weighted by molar-refractivity contribution is -0.143. The molecule has 0 atom stereocenters. The molecule has 0 aliphatic rings. The number of ether oxygens (including phenoxy) is 2. The Hall–Kier alpha value is -4.23. The Balaban J connectivity index is 2.18. The van der Waals surface area contributed by atoms with Gasteiger partial charge in [0.25, 0.3) is 0 Å². The van der Waals surface area contributed by atoms with Gasteiger partial charge in [0.2, 0.25) is 5.91 Å². The smallest absolute Gasteiger partial charge is 0.325 e. The number of amidine groups is 1. The molecule has 1 amide bonds. The minimum atomic E-state index is -0.530. The van der Waals surface area contributed by atoms with Gasteiger partial charge in [-0.25, -0.2) is 4.99 Å². The molecule has 3 aromatic carbocycles. The number of amides is 1. The first-order chi connectivity index (χ1) is 19.3. The van der Waals surface area contributed by atoms with Crippen LogP contribution in [0.4, 0.5) is 0 Å². The number of rotatable bonds is 12. The first-order valence-corrected chi connectivity index (χ1v) is 13.5. The van der Waals surface area contributed by atoms with E-state index < -0.39 is 11.9 Å². The largest absolute Gasteiger partial charge is 0.488 e. The van der Waals surface area contributed by atoms with Crippen LogP contribution in [0, 0.1) is 5.41 Å². The molecule has 0 heterocycles. The Morgan fingerprint density at radius 2 is 1.80 bits per heavy atom. The van der Waals surface area contributed by atoms with Crippen LogP contribution in [0.25, 0.3) is 16.9 Å². The standard InChI is InChI=1S/C32H34ClN3O4/c1-4-10-24-15-16-27(28(19-35-22(3)34)32(24)25-13-9-14-26(33)17-25)29(40-21-23-11-7-6-8-12-23)18-30(37)36-20-31(38)39-5-2/h6-9,11-19,34H,4-5,10,20-21H2,1-3H3,(H,36,37). The van der Waals surface area contributed by atoms with Crippen LogP contribution in [0.1, 0.15) is 49.4 Å². The van der Waals surface area contributed by atoms with Crippen LogP contribution in [-0.2, 0) is 32.1 Å². The van der Waals surface area contributed by atoms with Gasteiger partial charge >= 0.3 is 5.97 Å². The fraction of sp³-hybridized carbons (Fsp3) is 0.250. The first-order valence-electron chi connectivity index (χ1n) is 13.2. The van der Waals surface area contributed by atoms with Gasteiger partial charge in [-0.1, -0.05) is 79.5 Å². The molecule has 0 aliphatic carbocycles. The molecule has 3 aromatic rings. The highest BCUT2D eigenvalue weighted by atomic mass is 35.5. The molecule has 0 aliphatic heterocycles. The summed E-state index contributed by atoms with van der Waals surface area (Å²) < 4.78 is 11.2. The molecule has 8 heteroatoms. The Morgan fingerprint density at radius 1 is 1.02 bits per heavy atom. The maximum atomic E-state index is 12.9. The summed E-state index contributed by atoms with van der Waals surface area (Å²) in [5.74, 6) is -0.617. The topological polar surface area (TPSA) is 101 Å². The summed E-state index contributed by atoms with van der Waals surface area (Å²) in [6.45, 7) is 5.57. The van der Waals surface area contributed by atoms with Gasteiger partial charge in [0, 0.05) is 28.4 Å². The third-order valence-corrected chi connectivity index (χ3v) is 6.06. The number of halogens is 1. The number of carbonyl (C=O) groups is 2. The zero-order valence-corrected chi connectivity index (χ0v) is 23.8. The van der Waals surface area contributed by atoms with E-state index in [0.717, 1.165) is 35.1 Å². The summed E-state index contributed by atoms with van der Waals surface area (Å²) in [6.07, 6.45) is 4.67. The molecule has 208 valence electrons. The molecule has 0 unspecified atom stereocenters. The van der Waals surface area contributed by atoms with Gasteiger partial charge in [0.1, 0.15) is 24.7 Å². The number of hydrogen-bond acceptors (Lipinski definition) is 5. The average Bonchev–Trinajstić information content (AvgIpc) is 2.94. The van der Waals surface area contributed by atoms with E-state index in [0.29, 0.717) is 21.9 Å². The van der Waals surface area contributed by atoms with Gasteiger partial charge in [-0.2, -0.15) is 0 Å². The van der Waals surface area contributed by atoms with E-state index in [1.807, 2.05) is 66.7 Å². The minimum Gasteiger partial charge on any atom is -0.488 e. The van der Waals surface area contributed by atoms with Crippen LogP contribution in [0.5, 0.6) is 0 Å². The summed E-state index contributed by atoms with van der Waals surface area (Å²) >= 11 is 6.38. The lowest BCUT2D eigenvalue weighted by Crippen LogP contribution is -2.29. The van der Waals surface area contributed by atoms with Crippen molar-refractivity contribution in [2.75, 3.05) is 13.2 Å². The molecule has 0 saturated heterocycles. The van der Waals surface area contributed by atoms with Gasteiger partial charge in [-0.3, -0.25) is 15.0 Å². The molecular weight excluding hydrogens is 526 g/mol. The van der Waals surface area contributed by atoms with Crippen LogP contribution in [-0.4, -0.2) is 37.1 Å². The Bertz CT molecular complexity index is 1400. The summed E-state index contributed by atoms with van der Waals surface area (Å²) in [5, 5.41) is 11.1. The number of nitrogens with one attached hydrogen (secondary N) is 2. The van der Waals surface area contributed by atoms with Crippen LogP contribution in [0.2, 0.25) is 5.02 Å². The highest BCUT2D eigenvalue weighted by Gasteiger charge is 2.19. The number of aryl methyl sites for hydroxylation is 1. The first kappa shape index (κ1) is 30.3. The summed E-state index contributed by atoms with van der Waals surface area (Å²) in [6, 6.07) is 21.1. The van der Waals surface area contributed by atoms with Crippen LogP contribution >= 0.6 is 11.6 Å². The summed E-state index contributed by atoms with van der Waals surface area (Å²) in [4.78, 5) is 29.0. The van der Waals surface area contributed by atoms with Crippen LogP contribution in [0.15, 0.2) is 77.8 Å². The van der Waals surface area contributed by atoms with E-state index in [2.05, 4.69) is 17.2 Å². The van der Waals surface area contributed by atoms with Gasteiger partial charge in [-0.05, 0) is 54.7 Å². The quantitative estimate of drug-likeness (QED) is 0.0856. The van der Waals surface area contributed by atoms with Crippen molar-refractivity contribution in [1.29, 1.82) is 5.41 Å². The molecule has 0 radical (unpaired) electrons. The van der Waals surface area contributed by atoms with E-state index >= 15 is 0 Å². The number of aliphatic imine (C=N–C) groups is 1. The monoisotopic (exact) mass is 559 g/mol. The fourth-order valence-electron chi connectivity index (χ4n) is 4.11. The molecular formula is C32H34ClN3O4. The summed E-state index contributed by atoms with van der Waals surface area (Å²) in [5.41, 5.74) is 5.08. The number of nitrogens with zero attached hydrogens (tertiary/aromatic N) is 1. The lowest BCUT2D eigenvalue weighted by Gasteiger charge is -2.19. The number of esters is 1. The molecule has 0 bridgehead atoms. The molecule has 7 nitrogen and oxygen atoms in total.